The van der Waals surface area contributed by atoms with Crippen LogP contribution in [0.5, 0.6) is 5.75 Å². The van der Waals surface area contributed by atoms with Gasteiger partial charge in [-0.3, -0.25) is 4.79 Å². The van der Waals surface area contributed by atoms with Crippen LogP contribution in [0, 0.1) is 11.6 Å². The summed E-state index contributed by atoms with van der Waals surface area (Å²) in [5, 5.41) is 5.41. The number of benzene rings is 2. The molecule has 22 heavy (non-hydrogen) atoms. The van der Waals surface area contributed by atoms with Gasteiger partial charge in [0.25, 0.3) is 0 Å². The molecule has 0 heterocycles. The van der Waals surface area contributed by atoms with Crippen LogP contribution in [0.25, 0.3) is 0 Å². The van der Waals surface area contributed by atoms with E-state index < -0.39 is 11.6 Å². The van der Waals surface area contributed by atoms with Crippen LogP contribution < -0.4 is 15.4 Å². The van der Waals surface area contributed by atoms with E-state index in [0.717, 1.165) is 0 Å². The summed E-state index contributed by atoms with van der Waals surface area (Å²) in [4.78, 5) is 11.0. The molecule has 2 N–H and O–H groups in total. The van der Waals surface area contributed by atoms with Crippen LogP contribution in [0.3, 0.4) is 0 Å². The van der Waals surface area contributed by atoms with Crippen molar-refractivity contribution in [3.8, 4) is 5.75 Å². The molecule has 0 saturated carbocycles. The van der Waals surface area contributed by atoms with E-state index in [1.807, 2.05) is 0 Å². The molecular formula is C16H16F2N2O2. The fourth-order valence-corrected chi connectivity index (χ4v) is 1.84. The van der Waals surface area contributed by atoms with Gasteiger partial charge in [-0.2, -0.15) is 0 Å². The largest absolute Gasteiger partial charge is 0.489 e. The molecule has 6 heteroatoms. The number of carbonyl (C=O) groups is 1. The lowest BCUT2D eigenvalue weighted by molar-refractivity contribution is -0.114. The lowest BCUT2D eigenvalue weighted by atomic mass is 10.2. The van der Waals surface area contributed by atoms with Crippen molar-refractivity contribution in [2.75, 3.05) is 23.8 Å². The molecule has 0 aromatic heterocycles. The van der Waals surface area contributed by atoms with Crippen molar-refractivity contribution in [1.82, 2.24) is 0 Å². The summed E-state index contributed by atoms with van der Waals surface area (Å²) in [6.45, 7) is 1.95. The summed E-state index contributed by atoms with van der Waals surface area (Å²) in [6.07, 6.45) is 0. The van der Waals surface area contributed by atoms with Gasteiger partial charge in [-0.1, -0.05) is 12.1 Å². The molecule has 2 aromatic carbocycles. The van der Waals surface area contributed by atoms with Gasteiger partial charge in [0.15, 0.2) is 11.6 Å². The molecule has 0 fully saturated rings. The highest BCUT2D eigenvalue weighted by molar-refractivity contribution is 5.89. The first-order valence-corrected chi connectivity index (χ1v) is 6.74. The Bertz CT molecular complexity index is 662. The van der Waals surface area contributed by atoms with Crippen LogP contribution in [0.1, 0.15) is 6.92 Å². The van der Waals surface area contributed by atoms with Crippen LogP contribution in [-0.2, 0) is 4.79 Å². The number of anilines is 2. The Hall–Kier alpha value is -2.63. The van der Waals surface area contributed by atoms with E-state index in [2.05, 4.69) is 10.6 Å². The third-order valence-corrected chi connectivity index (χ3v) is 2.80. The highest BCUT2D eigenvalue weighted by atomic mass is 19.1. The second-order valence-corrected chi connectivity index (χ2v) is 4.58. The topological polar surface area (TPSA) is 50.4 Å². The van der Waals surface area contributed by atoms with Gasteiger partial charge in [-0.05, 0) is 30.3 Å². The molecule has 0 bridgehead atoms. The molecule has 2 aromatic rings. The van der Waals surface area contributed by atoms with Crippen molar-refractivity contribution in [2.45, 2.75) is 6.92 Å². The van der Waals surface area contributed by atoms with Crippen molar-refractivity contribution in [3.63, 3.8) is 0 Å². The average molecular weight is 306 g/mol. The number of ether oxygens (including phenoxy) is 1. The molecule has 4 nitrogen and oxygen atoms in total. The predicted octanol–water partition coefficient (Wildman–Crippen LogP) is 3.41. The third kappa shape index (κ3) is 4.44. The van der Waals surface area contributed by atoms with E-state index in [4.69, 9.17) is 4.74 Å². The quantitative estimate of drug-likeness (QED) is 0.804. The number of halogens is 2. The number of para-hydroxylation sites is 1. The molecule has 2 rings (SSSR count). The Morgan fingerprint density at radius 3 is 2.64 bits per heavy atom. The summed E-state index contributed by atoms with van der Waals surface area (Å²) >= 11 is 0. The smallest absolute Gasteiger partial charge is 0.221 e. The Morgan fingerprint density at radius 1 is 1.14 bits per heavy atom. The van der Waals surface area contributed by atoms with E-state index in [-0.39, 0.29) is 24.0 Å². The molecule has 116 valence electrons. The highest BCUT2D eigenvalue weighted by Crippen LogP contribution is 2.19. The van der Waals surface area contributed by atoms with Gasteiger partial charge in [0.05, 0.1) is 5.69 Å². The molecule has 0 radical (unpaired) electrons. The first kappa shape index (κ1) is 15.8. The van der Waals surface area contributed by atoms with E-state index in [1.165, 1.54) is 25.1 Å². The number of hydrogen-bond acceptors (Lipinski definition) is 3. The Morgan fingerprint density at radius 2 is 1.91 bits per heavy atom. The molecule has 0 aliphatic rings. The minimum atomic E-state index is -0.511. The van der Waals surface area contributed by atoms with Crippen LogP contribution in [-0.4, -0.2) is 19.1 Å². The first-order chi connectivity index (χ1) is 10.6. The maximum absolute atomic E-state index is 13.5. The molecule has 0 atom stereocenters. The van der Waals surface area contributed by atoms with E-state index >= 15 is 0 Å². The zero-order valence-corrected chi connectivity index (χ0v) is 12.0. The number of hydrogen-bond donors (Lipinski definition) is 2. The standard InChI is InChI=1S/C16H16F2N2O2/c1-11(21)20-15-10-12(6-7-13(15)17)19-8-9-22-16-5-3-2-4-14(16)18/h2-7,10,19H,8-9H2,1H3,(H,20,21). The summed E-state index contributed by atoms with van der Waals surface area (Å²) in [5.74, 6) is -1.10. The minimum Gasteiger partial charge on any atom is -0.489 e. The van der Waals surface area contributed by atoms with Gasteiger partial charge in [-0.25, -0.2) is 8.78 Å². The van der Waals surface area contributed by atoms with Crippen molar-refractivity contribution in [3.05, 3.63) is 54.1 Å². The molecule has 0 aliphatic heterocycles. The van der Waals surface area contributed by atoms with E-state index in [1.54, 1.807) is 24.3 Å². The SMILES string of the molecule is CC(=O)Nc1cc(NCCOc2ccccc2F)ccc1F. The molecule has 0 aliphatic carbocycles. The summed E-state index contributed by atoms with van der Waals surface area (Å²) in [7, 11) is 0. The molecule has 0 spiro atoms. The summed E-state index contributed by atoms with van der Waals surface area (Å²) in [6, 6.07) is 10.4. The normalized spacial score (nSPS) is 10.1. The van der Waals surface area contributed by atoms with Crippen LogP contribution in [0.2, 0.25) is 0 Å². The van der Waals surface area contributed by atoms with Crippen LogP contribution in [0.15, 0.2) is 42.5 Å². The number of rotatable bonds is 6. The summed E-state index contributed by atoms with van der Waals surface area (Å²) < 4.78 is 32.1. The Kier molecular flexibility index (Phi) is 5.30. The van der Waals surface area contributed by atoms with Crippen molar-refractivity contribution < 1.29 is 18.3 Å². The molecule has 0 saturated heterocycles. The third-order valence-electron chi connectivity index (χ3n) is 2.80. The predicted molar refractivity (Wildman–Crippen MR) is 81.1 cm³/mol. The number of nitrogens with one attached hydrogen (secondary N) is 2. The first-order valence-electron chi connectivity index (χ1n) is 6.74. The Balaban J connectivity index is 1.87. The lowest BCUT2D eigenvalue weighted by Crippen LogP contribution is -2.13. The van der Waals surface area contributed by atoms with Gasteiger partial charge in [0.2, 0.25) is 5.91 Å². The van der Waals surface area contributed by atoms with Gasteiger partial charge in [-0.15, -0.1) is 0 Å². The van der Waals surface area contributed by atoms with Gasteiger partial charge >= 0.3 is 0 Å². The van der Waals surface area contributed by atoms with Crippen molar-refractivity contribution in [2.24, 2.45) is 0 Å². The van der Waals surface area contributed by atoms with E-state index in [9.17, 15) is 13.6 Å². The van der Waals surface area contributed by atoms with Crippen LogP contribution >= 0.6 is 0 Å². The second kappa shape index (κ2) is 7.40. The van der Waals surface area contributed by atoms with Gasteiger partial charge < -0.3 is 15.4 Å². The lowest BCUT2D eigenvalue weighted by Gasteiger charge is -2.11. The minimum absolute atomic E-state index is 0.104. The summed E-state index contributed by atoms with van der Waals surface area (Å²) in [5.41, 5.74) is 0.731. The molecule has 1 amide bonds. The molecular weight excluding hydrogens is 290 g/mol. The number of amides is 1. The van der Waals surface area contributed by atoms with E-state index in [0.29, 0.717) is 12.2 Å². The monoisotopic (exact) mass is 306 g/mol. The van der Waals surface area contributed by atoms with Gasteiger partial charge in [0, 0.05) is 19.2 Å². The Labute approximate surface area is 127 Å². The maximum Gasteiger partial charge on any atom is 0.221 e. The average Bonchev–Trinajstić information content (AvgIpc) is 2.48. The molecule has 0 unspecified atom stereocenters. The zero-order chi connectivity index (χ0) is 15.9. The fraction of sp³-hybridized carbons (Fsp3) is 0.188. The van der Waals surface area contributed by atoms with Crippen LogP contribution in [0.4, 0.5) is 20.2 Å². The van der Waals surface area contributed by atoms with Crippen molar-refractivity contribution in [1.29, 1.82) is 0 Å². The second-order valence-electron chi connectivity index (χ2n) is 4.58. The fourth-order valence-electron chi connectivity index (χ4n) is 1.84. The number of carbonyl (C=O) groups excluding carboxylic acids is 1. The maximum atomic E-state index is 13.5. The van der Waals surface area contributed by atoms with Crippen molar-refractivity contribution >= 4 is 17.3 Å². The van der Waals surface area contributed by atoms with Gasteiger partial charge in [0.1, 0.15) is 12.4 Å². The zero-order valence-electron chi connectivity index (χ0n) is 12.0. The highest BCUT2D eigenvalue weighted by Gasteiger charge is 2.05.